The Bertz CT molecular complexity index is 568. The molecule has 0 atom stereocenters. The second kappa shape index (κ2) is 4.95. The van der Waals surface area contributed by atoms with Crippen LogP contribution in [0.2, 0.25) is 0 Å². The average molecular weight is 251 g/mol. The fraction of sp³-hybridized carbons (Fsp3) is 0.0909. The van der Waals surface area contributed by atoms with Crippen LogP contribution in [0.1, 0.15) is 5.56 Å². The van der Waals surface area contributed by atoms with Crippen molar-refractivity contribution in [2.75, 3.05) is 0 Å². The van der Waals surface area contributed by atoms with E-state index in [2.05, 4.69) is 27.5 Å². The fourth-order valence-electron chi connectivity index (χ4n) is 1.39. The lowest BCUT2D eigenvalue weighted by molar-refractivity contribution is 0.533. The molecule has 1 heterocycles. The van der Waals surface area contributed by atoms with Gasteiger partial charge < -0.3 is 0 Å². The van der Waals surface area contributed by atoms with E-state index in [0.717, 1.165) is 0 Å². The molecule has 0 amide bonds. The average Bonchev–Trinajstić information content (AvgIpc) is 2.72. The molecule has 2 rings (SSSR count). The molecule has 0 aliphatic carbocycles. The standard InChI is InChI=1S/C11H7F2N3S/c12-9-2-1-3-10(13)8(9)6-16-5-4-11(15-16)14-7-17/h1-5H,6H2. The predicted molar refractivity (Wildman–Crippen MR) is 62.4 cm³/mol. The summed E-state index contributed by atoms with van der Waals surface area (Å²) in [5.41, 5.74) is -0.0338. The van der Waals surface area contributed by atoms with E-state index < -0.39 is 11.6 Å². The van der Waals surface area contributed by atoms with Crippen LogP contribution in [0, 0.1) is 11.6 Å². The van der Waals surface area contributed by atoms with E-state index in [1.807, 2.05) is 0 Å². The van der Waals surface area contributed by atoms with Crippen LogP contribution < -0.4 is 0 Å². The maximum atomic E-state index is 13.4. The van der Waals surface area contributed by atoms with Gasteiger partial charge in [-0.1, -0.05) is 6.07 Å². The Hall–Kier alpha value is -1.91. The SMILES string of the molecule is Fc1cccc(F)c1Cn1ccc(N=C=S)n1. The minimum atomic E-state index is -0.597. The summed E-state index contributed by atoms with van der Waals surface area (Å²) in [6, 6.07) is 5.31. The van der Waals surface area contributed by atoms with Gasteiger partial charge in [-0.3, -0.25) is 4.68 Å². The molecule has 0 saturated heterocycles. The van der Waals surface area contributed by atoms with Gasteiger partial charge in [0.2, 0.25) is 0 Å². The van der Waals surface area contributed by atoms with E-state index in [4.69, 9.17) is 0 Å². The third-order valence-corrected chi connectivity index (χ3v) is 2.26. The highest BCUT2D eigenvalue weighted by Crippen LogP contribution is 2.14. The summed E-state index contributed by atoms with van der Waals surface area (Å²) < 4.78 is 28.1. The molecular weight excluding hydrogens is 244 g/mol. The van der Waals surface area contributed by atoms with Crippen molar-refractivity contribution >= 4 is 23.2 Å². The number of halogens is 2. The number of hydrogen-bond acceptors (Lipinski definition) is 3. The molecule has 2 aromatic rings. The van der Waals surface area contributed by atoms with Crippen molar-refractivity contribution in [1.82, 2.24) is 9.78 Å². The van der Waals surface area contributed by atoms with E-state index in [-0.39, 0.29) is 12.1 Å². The van der Waals surface area contributed by atoms with Crippen molar-refractivity contribution in [3.63, 3.8) is 0 Å². The molecule has 0 saturated carbocycles. The molecule has 17 heavy (non-hydrogen) atoms. The third kappa shape index (κ3) is 2.61. The predicted octanol–water partition coefficient (Wildman–Crippen LogP) is 2.94. The molecule has 0 aliphatic heterocycles. The molecule has 1 aromatic heterocycles. The van der Waals surface area contributed by atoms with Crippen LogP contribution in [0.3, 0.4) is 0 Å². The van der Waals surface area contributed by atoms with Crippen LogP contribution >= 0.6 is 12.2 Å². The Labute approximate surface area is 101 Å². The molecule has 0 radical (unpaired) electrons. The van der Waals surface area contributed by atoms with Crippen LogP contribution in [-0.4, -0.2) is 14.9 Å². The minimum absolute atomic E-state index is 0.00541. The summed E-state index contributed by atoms with van der Waals surface area (Å²) in [5.74, 6) is -0.836. The van der Waals surface area contributed by atoms with E-state index in [1.54, 1.807) is 12.3 Å². The van der Waals surface area contributed by atoms with E-state index >= 15 is 0 Å². The lowest BCUT2D eigenvalue weighted by Crippen LogP contribution is -2.04. The molecule has 3 nitrogen and oxygen atoms in total. The van der Waals surface area contributed by atoms with Gasteiger partial charge in [0, 0.05) is 17.8 Å². The number of aromatic nitrogens is 2. The number of nitrogens with zero attached hydrogens (tertiary/aromatic N) is 3. The van der Waals surface area contributed by atoms with Crippen LogP contribution in [-0.2, 0) is 6.54 Å². The summed E-state index contributed by atoms with van der Waals surface area (Å²) in [6.45, 7) is 0.00541. The number of isothiocyanates is 1. The largest absolute Gasteiger partial charge is 0.266 e. The van der Waals surface area contributed by atoms with Crippen molar-refractivity contribution in [2.45, 2.75) is 6.54 Å². The number of benzene rings is 1. The summed E-state index contributed by atoms with van der Waals surface area (Å²) in [6.07, 6.45) is 1.57. The zero-order chi connectivity index (χ0) is 12.3. The summed E-state index contributed by atoms with van der Waals surface area (Å²) in [7, 11) is 0. The first-order chi connectivity index (χ1) is 8.20. The van der Waals surface area contributed by atoms with Crippen LogP contribution in [0.25, 0.3) is 0 Å². The van der Waals surface area contributed by atoms with Crippen molar-refractivity contribution in [3.05, 3.63) is 47.7 Å². The first-order valence-electron chi connectivity index (χ1n) is 4.75. The smallest absolute Gasteiger partial charge is 0.184 e. The highest BCUT2D eigenvalue weighted by Gasteiger charge is 2.09. The van der Waals surface area contributed by atoms with Gasteiger partial charge in [-0.05, 0) is 24.4 Å². The molecule has 0 N–H and O–H groups in total. The van der Waals surface area contributed by atoms with Gasteiger partial charge in [0.15, 0.2) is 5.82 Å². The Morgan fingerprint density at radius 1 is 1.29 bits per heavy atom. The van der Waals surface area contributed by atoms with Gasteiger partial charge in [0.1, 0.15) is 11.6 Å². The van der Waals surface area contributed by atoms with Gasteiger partial charge >= 0.3 is 0 Å². The Kier molecular flexibility index (Phi) is 3.37. The molecule has 0 aliphatic rings. The highest BCUT2D eigenvalue weighted by molar-refractivity contribution is 7.78. The minimum Gasteiger partial charge on any atom is -0.266 e. The molecule has 0 fully saturated rings. The number of aliphatic imine (C=N–C) groups is 1. The van der Waals surface area contributed by atoms with Gasteiger partial charge in [-0.25, -0.2) is 8.78 Å². The number of hydrogen-bond donors (Lipinski definition) is 0. The van der Waals surface area contributed by atoms with E-state index in [9.17, 15) is 8.78 Å². The lowest BCUT2D eigenvalue weighted by atomic mass is 10.2. The second-order valence-corrected chi connectivity index (χ2v) is 3.46. The van der Waals surface area contributed by atoms with Crippen molar-refractivity contribution in [1.29, 1.82) is 0 Å². The Morgan fingerprint density at radius 3 is 2.65 bits per heavy atom. The molecule has 0 unspecified atom stereocenters. The molecule has 1 aromatic carbocycles. The Balaban J connectivity index is 2.28. The normalized spacial score (nSPS) is 10.0. The molecule has 0 spiro atoms. The molecule has 86 valence electrons. The van der Waals surface area contributed by atoms with Crippen LogP contribution in [0.4, 0.5) is 14.6 Å². The van der Waals surface area contributed by atoms with Gasteiger partial charge in [-0.15, -0.1) is 0 Å². The van der Waals surface area contributed by atoms with E-state index in [0.29, 0.717) is 5.82 Å². The first-order valence-corrected chi connectivity index (χ1v) is 5.16. The maximum absolute atomic E-state index is 13.4. The summed E-state index contributed by atoms with van der Waals surface area (Å²) in [4.78, 5) is 3.66. The maximum Gasteiger partial charge on any atom is 0.184 e. The molecule has 6 heteroatoms. The quantitative estimate of drug-likeness (QED) is 0.620. The van der Waals surface area contributed by atoms with Crippen LogP contribution in [0.5, 0.6) is 0 Å². The first kappa shape index (κ1) is 11.6. The second-order valence-electron chi connectivity index (χ2n) is 3.27. The number of thiocarbonyl (C=S) groups is 1. The van der Waals surface area contributed by atoms with Gasteiger partial charge in [0.25, 0.3) is 0 Å². The lowest BCUT2D eigenvalue weighted by Gasteiger charge is -2.04. The van der Waals surface area contributed by atoms with E-state index in [1.165, 1.54) is 22.9 Å². The topological polar surface area (TPSA) is 30.2 Å². The van der Waals surface area contributed by atoms with Gasteiger partial charge in [-0.2, -0.15) is 10.1 Å². The molecular formula is C11H7F2N3S. The number of rotatable bonds is 3. The van der Waals surface area contributed by atoms with Crippen LogP contribution in [0.15, 0.2) is 35.5 Å². The monoisotopic (exact) mass is 251 g/mol. The summed E-state index contributed by atoms with van der Waals surface area (Å²) in [5, 5.41) is 6.13. The van der Waals surface area contributed by atoms with Crippen molar-refractivity contribution < 1.29 is 8.78 Å². The molecule has 0 bridgehead atoms. The van der Waals surface area contributed by atoms with Gasteiger partial charge in [0.05, 0.1) is 11.7 Å². The fourth-order valence-corrected chi connectivity index (χ4v) is 1.48. The Morgan fingerprint density at radius 2 is 2.00 bits per heavy atom. The van der Waals surface area contributed by atoms with Crippen molar-refractivity contribution in [3.8, 4) is 0 Å². The third-order valence-electron chi connectivity index (χ3n) is 2.17. The highest BCUT2D eigenvalue weighted by atomic mass is 32.1. The zero-order valence-corrected chi connectivity index (χ0v) is 9.42. The zero-order valence-electron chi connectivity index (χ0n) is 8.60. The van der Waals surface area contributed by atoms with Crippen molar-refractivity contribution in [2.24, 2.45) is 4.99 Å². The summed E-state index contributed by atoms with van der Waals surface area (Å²) >= 11 is 4.43.